The number of urea groups is 1. The monoisotopic (exact) mass is 505 g/mol. The second kappa shape index (κ2) is 10.2. The van der Waals surface area contributed by atoms with Gasteiger partial charge in [0, 0.05) is 24.2 Å². The molecule has 0 radical (unpaired) electrons. The van der Waals surface area contributed by atoms with Gasteiger partial charge < -0.3 is 10.6 Å². The number of benzene rings is 2. The fourth-order valence-corrected chi connectivity index (χ4v) is 4.71. The third-order valence-corrected chi connectivity index (χ3v) is 6.48. The lowest BCUT2D eigenvalue weighted by molar-refractivity contribution is -0.140. The van der Waals surface area contributed by atoms with Crippen LogP contribution in [0.2, 0.25) is 5.02 Å². The van der Waals surface area contributed by atoms with Gasteiger partial charge >= 0.3 is 12.2 Å². The Labute approximate surface area is 205 Å². The molecule has 0 spiro atoms. The molecule has 1 aliphatic carbocycles. The van der Waals surface area contributed by atoms with E-state index in [9.17, 15) is 18.0 Å². The molecule has 1 aliphatic rings. The van der Waals surface area contributed by atoms with Crippen LogP contribution in [0.15, 0.2) is 66.9 Å². The van der Waals surface area contributed by atoms with Crippen LogP contribution in [0.5, 0.6) is 0 Å². The van der Waals surface area contributed by atoms with E-state index in [2.05, 4.69) is 15.6 Å². The maximum absolute atomic E-state index is 15.6. The van der Waals surface area contributed by atoms with Crippen molar-refractivity contribution in [3.63, 3.8) is 0 Å². The lowest BCUT2D eigenvalue weighted by atomic mass is 9.79. The molecule has 0 bridgehead atoms. The van der Waals surface area contributed by atoms with Gasteiger partial charge in [-0.3, -0.25) is 4.98 Å². The average molecular weight is 506 g/mol. The predicted octanol–water partition coefficient (Wildman–Crippen LogP) is 6.62. The van der Waals surface area contributed by atoms with Crippen molar-refractivity contribution >= 4 is 17.6 Å². The van der Waals surface area contributed by atoms with Crippen LogP contribution in [-0.2, 0) is 18.1 Å². The Bertz CT molecular complexity index is 1170. The quantitative estimate of drug-likeness (QED) is 0.370. The number of halogens is 5. The summed E-state index contributed by atoms with van der Waals surface area (Å²) in [7, 11) is 0. The summed E-state index contributed by atoms with van der Waals surface area (Å²) in [5.74, 6) is -1.46. The van der Waals surface area contributed by atoms with Crippen LogP contribution in [0.1, 0.15) is 48.1 Å². The van der Waals surface area contributed by atoms with Gasteiger partial charge in [0.2, 0.25) is 0 Å². The van der Waals surface area contributed by atoms with Gasteiger partial charge in [0.25, 0.3) is 0 Å². The number of alkyl halides is 3. The molecule has 184 valence electrons. The molecule has 1 aromatic heterocycles. The van der Waals surface area contributed by atoms with Gasteiger partial charge in [-0.25, -0.2) is 9.18 Å². The largest absolute Gasteiger partial charge is 0.419 e. The van der Waals surface area contributed by atoms with Crippen LogP contribution < -0.4 is 10.6 Å². The summed E-state index contributed by atoms with van der Waals surface area (Å²) in [4.78, 5) is 17.5. The summed E-state index contributed by atoms with van der Waals surface area (Å²) in [6, 6.07) is 14.2. The summed E-state index contributed by atoms with van der Waals surface area (Å²) in [5.41, 5.74) is -2.68. The Balaban J connectivity index is 1.90. The lowest BCUT2D eigenvalue weighted by Gasteiger charge is -2.36. The second-order valence-corrected chi connectivity index (χ2v) is 9.11. The number of hydrogen-bond donors (Lipinski definition) is 2. The minimum absolute atomic E-state index is 0.0429. The molecule has 4 rings (SSSR count). The van der Waals surface area contributed by atoms with E-state index in [1.807, 2.05) is 0 Å². The molecule has 2 amide bonds. The Morgan fingerprint density at radius 2 is 1.66 bits per heavy atom. The molecule has 3 aromatic rings. The summed E-state index contributed by atoms with van der Waals surface area (Å²) < 4.78 is 56.6. The number of carbonyl (C=O) groups is 1. The Hall–Kier alpha value is -3.13. The maximum Gasteiger partial charge on any atom is 0.419 e. The number of rotatable bonds is 6. The fourth-order valence-electron chi connectivity index (χ4n) is 4.60. The van der Waals surface area contributed by atoms with Crippen molar-refractivity contribution in [1.29, 1.82) is 0 Å². The van der Waals surface area contributed by atoms with Crippen LogP contribution in [0.3, 0.4) is 0 Å². The third-order valence-electron chi connectivity index (χ3n) is 6.26. The van der Waals surface area contributed by atoms with E-state index in [0.29, 0.717) is 16.7 Å². The number of amides is 2. The molecule has 1 saturated carbocycles. The van der Waals surface area contributed by atoms with Gasteiger partial charge in [-0.1, -0.05) is 66.9 Å². The molecule has 4 nitrogen and oxygen atoms in total. The van der Waals surface area contributed by atoms with E-state index >= 15 is 4.39 Å². The highest BCUT2D eigenvalue weighted by Crippen LogP contribution is 2.39. The zero-order valence-electron chi connectivity index (χ0n) is 18.7. The van der Waals surface area contributed by atoms with E-state index in [-0.39, 0.29) is 23.7 Å². The van der Waals surface area contributed by atoms with E-state index < -0.39 is 29.1 Å². The maximum atomic E-state index is 15.6. The Kier molecular flexibility index (Phi) is 7.31. The number of nitrogens with zero attached hydrogens (tertiary/aromatic N) is 1. The van der Waals surface area contributed by atoms with Crippen molar-refractivity contribution < 1.29 is 22.4 Å². The number of pyridine rings is 1. The lowest BCUT2D eigenvalue weighted by Crippen LogP contribution is -2.54. The first-order valence-electron chi connectivity index (χ1n) is 11.3. The van der Waals surface area contributed by atoms with Crippen molar-refractivity contribution in [1.82, 2.24) is 15.6 Å². The molecule has 1 atom stereocenters. The summed E-state index contributed by atoms with van der Waals surface area (Å²) in [6.07, 6.45) is -0.0930. The van der Waals surface area contributed by atoms with E-state index in [4.69, 9.17) is 11.6 Å². The van der Waals surface area contributed by atoms with Crippen LogP contribution in [0, 0.1) is 5.82 Å². The minimum Gasteiger partial charge on any atom is -0.335 e. The molecule has 0 saturated heterocycles. The van der Waals surface area contributed by atoms with Crippen LogP contribution in [0.4, 0.5) is 22.4 Å². The van der Waals surface area contributed by atoms with Gasteiger partial charge in [-0.2, -0.15) is 13.2 Å². The summed E-state index contributed by atoms with van der Waals surface area (Å²) in [6.45, 7) is 0. The Morgan fingerprint density at radius 3 is 2.29 bits per heavy atom. The van der Waals surface area contributed by atoms with E-state index in [1.165, 1.54) is 24.4 Å². The van der Waals surface area contributed by atoms with Crippen LogP contribution in [-0.4, -0.2) is 17.1 Å². The van der Waals surface area contributed by atoms with Crippen molar-refractivity contribution in [3.8, 4) is 0 Å². The van der Waals surface area contributed by atoms with Crippen LogP contribution >= 0.6 is 11.6 Å². The van der Waals surface area contributed by atoms with E-state index in [0.717, 1.165) is 31.7 Å². The average Bonchev–Trinajstić information content (AvgIpc) is 3.32. The second-order valence-electron chi connectivity index (χ2n) is 8.67. The molecule has 1 fully saturated rings. The molecule has 35 heavy (non-hydrogen) atoms. The molecule has 1 heterocycles. The van der Waals surface area contributed by atoms with Gasteiger partial charge in [-0.05, 0) is 36.6 Å². The number of aromatic nitrogens is 1. The number of hydrogen-bond acceptors (Lipinski definition) is 2. The van der Waals surface area contributed by atoms with Crippen LogP contribution in [0.25, 0.3) is 0 Å². The van der Waals surface area contributed by atoms with Gasteiger partial charge in [-0.15, -0.1) is 0 Å². The molecule has 0 unspecified atom stereocenters. The first-order chi connectivity index (χ1) is 16.7. The third kappa shape index (κ3) is 5.59. The smallest absolute Gasteiger partial charge is 0.335 e. The first kappa shape index (κ1) is 25.0. The van der Waals surface area contributed by atoms with E-state index in [1.54, 1.807) is 30.3 Å². The number of nitrogens with one attached hydrogen (secondary N) is 2. The molecular formula is C26H24ClF4N3O. The molecule has 2 N–H and O–H groups in total. The highest BCUT2D eigenvalue weighted by Gasteiger charge is 2.44. The molecule has 0 aliphatic heterocycles. The highest BCUT2D eigenvalue weighted by molar-refractivity contribution is 6.30. The summed E-state index contributed by atoms with van der Waals surface area (Å²) >= 11 is 6.02. The zero-order valence-corrected chi connectivity index (χ0v) is 19.5. The van der Waals surface area contributed by atoms with Gasteiger partial charge in [0.1, 0.15) is 11.4 Å². The number of carbonyl (C=O) groups excluding carboxylic acids is 1. The minimum atomic E-state index is -4.92. The molecule has 9 heteroatoms. The normalized spacial score (nSPS) is 16.0. The van der Waals surface area contributed by atoms with Crippen molar-refractivity contribution in [3.05, 3.63) is 100 Å². The standard InChI is InChI=1S/C26H24ClF4N3O/c27-18-13-14-22(32-16-18)25(15-17-7-2-1-3-8-17,34-24(35)33-19-9-4-5-10-19)20-11-6-12-21(23(20)28)26(29,30)31/h1-3,6-8,11-14,16,19H,4-5,9-10,15H2,(H2,33,34,35)/t25-/m1/s1. The summed E-state index contributed by atoms with van der Waals surface area (Å²) in [5, 5.41) is 5.99. The predicted molar refractivity (Wildman–Crippen MR) is 125 cm³/mol. The zero-order chi connectivity index (χ0) is 25.1. The highest BCUT2D eigenvalue weighted by atomic mass is 35.5. The van der Waals surface area contributed by atoms with Crippen molar-refractivity contribution in [2.45, 2.75) is 49.9 Å². The fraction of sp³-hybridized carbons (Fsp3) is 0.308. The van der Waals surface area contributed by atoms with Crippen molar-refractivity contribution in [2.75, 3.05) is 0 Å². The Morgan fingerprint density at radius 1 is 0.971 bits per heavy atom. The van der Waals surface area contributed by atoms with Gasteiger partial charge in [0.15, 0.2) is 0 Å². The van der Waals surface area contributed by atoms with Crippen molar-refractivity contribution in [2.24, 2.45) is 0 Å². The van der Waals surface area contributed by atoms with Gasteiger partial charge in [0.05, 0.1) is 16.3 Å². The SMILES string of the molecule is O=C(NC1CCCC1)N[C@@](Cc1ccccc1)(c1ccc(Cl)cn1)c1cccc(C(F)(F)F)c1F. The first-order valence-corrected chi connectivity index (χ1v) is 11.7. The molecular weight excluding hydrogens is 482 g/mol. The molecule has 2 aromatic carbocycles. The topological polar surface area (TPSA) is 54.0 Å².